The summed E-state index contributed by atoms with van der Waals surface area (Å²) in [6.45, 7) is 2.21. The first-order valence-corrected chi connectivity index (χ1v) is 9.85. The van der Waals surface area contributed by atoms with E-state index in [1.807, 2.05) is 60.0 Å². The van der Waals surface area contributed by atoms with E-state index in [1.165, 1.54) is 36.3 Å². The number of nitrogens with zero attached hydrogens (tertiary/aromatic N) is 2. The van der Waals surface area contributed by atoms with Gasteiger partial charge in [-0.25, -0.2) is 4.98 Å². The topological polar surface area (TPSA) is 45.2 Å². The average molecular weight is 363 g/mol. The van der Waals surface area contributed by atoms with Gasteiger partial charge in [0.15, 0.2) is 5.13 Å². The Bertz CT molecular complexity index is 868. The van der Waals surface area contributed by atoms with Crippen molar-refractivity contribution >= 4 is 28.1 Å². The predicted molar refractivity (Wildman–Crippen MR) is 108 cm³/mol. The highest BCUT2D eigenvalue weighted by Crippen LogP contribution is 2.25. The predicted octanol–water partition coefficient (Wildman–Crippen LogP) is 5.05. The minimum Gasteiger partial charge on any atom is -0.372 e. The molecule has 1 aliphatic heterocycles. The third kappa shape index (κ3) is 3.78. The maximum atomic E-state index is 12.5. The molecule has 2 heterocycles. The Morgan fingerprint density at radius 1 is 0.962 bits per heavy atom. The zero-order chi connectivity index (χ0) is 17.8. The van der Waals surface area contributed by atoms with Gasteiger partial charge in [0.25, 0.3) is 5.91 Å². The molecule has 2 aromatic carbocycles. The lowest BCUT2D eigenvalue weighted by molar-refractivity contribution is 0.102. The van der Waals surface area contributed by atoms with Crippen LogP contribution in [0.5, 0.6) is 0 Å². The van der Waals surface area contributed by atoms with E-state index in [9.17, 15) is 4.79 Å². The molecular weight excluding hydrogens is 342 g/mol. The summed E-state index contributed by atoms with van der Waals surface area (Å²) in [5.41, 5.74) is 3.78. The molecule has 0 bridgehead atoms. The number of hydrogen-bond acceptors (Lipinski definition) is 4. The molecule has 1 amide bonds. The molecule has 0 unspecified atom stereocenters. The van der Waals surface area contributed by atoms with Crippen LogP contribution in [-0.2, 0) is 0 Å². The molecule has 1 N–H and O–H groups in total. The van der Waals surface area contributed by atoms with Crippen molar-refractivity contribution < 1.29 is 4.79 Å². The van der Waals surface area contributed by atoms with Crippen molar-refractivity contribution in [3.63, 3.8) is 0 Å². The van der Waals surface area contributed by atoms with Gasteiger partial charge < -0.3 is 4.90 Å². The summed E-state index contributed by atoms with van der Waals surface area (Å²) in [5, 5.41) is 5.48. The number of amides is 1. The number of carbonyl (C=O) groups excluding carboxylic acids is 1. The van der Waals surface area contributed by atoms with Crippen LogP contribution >= 0.6 is 11.3 Å². The minimum atomic E-state index is -0.121. The molecule has 26 heavy (non-hydrogen) atoms. The Kier molecular flexibility index (Phi) is 4.97. The number of nitrogens with one attached hydrogen (secondary N) is 1. The summed E-state index contributed by atoms with van der Waals surface area (Å²) in [4.78, 5) is 19.4. The maximum absolute atomic E-state index is 12.5. The van der Waals surface area contributed by atoms with Gasteiger partial charge in [0, 0.05) is 35.3 Å². The fraction of sp³-hybridized carbons (Fsp3) is 0.238. The van der Waals surface area contributed by atoms with Crippen molar-refractivity contribution in [3.8, 4) is 11.3 Å². The molecule has 1 aromatic heterocycles. The van der Waals surface area contributed by atoms with E-state index in [4.69, 9.17) is 0 Å². The molecule has 0 radical (unpaired) electrons. The molecule has 3 aromatic rings. The second-order valence-corrected chi connectivity index (χ2v) is 7.31. The summed E-state index contributed by atoms with van der Waals surface area (Å²) in [6, 6.07) is 17.8. The van der Waals surface area contributed by atoms with Crippen LogP contribution in [0.2, 0.25) is 0 Å². The first-order valence-electron chi connectivity index (χ1n) is 8.97. The third-order valence-electron chi connectivity index (χ3n) is 4.64. The molecule has 4 rings (SSSR count). The van der Waals surface area contributed by atoms with Crippen molar-refractivity contribution in [2.75, 3.05) is 23.3 Å². The number of aromatic nitrogens is 1. The van der Waals surface area contributed by atoms with Crippen LogP contribution in [0.15, 0.2) is 60.0 Å². The van der Waals surface area contributed by atoms with Gasteiger partial charge in [-0.05, 0) is 43.5 Å². The number of carbonyl (C=O) groups is 1. The monoisotopic (exact) mass is 363 g/mol. The van der Waals surface area contributed by atoms with Crippen LogP contribution in [0.1, 0.15) is 29.6 Å². The van der Waals surface area contributed by atoms with Gasteiger partial charge in [-0.1, -0.05) is 30.3 Å². The van der Waals surface area contributed by atoms with Crippen molar-refractivity contribution in [2.24, 2.45) is 0 Å². The highest BCUT2D eigenvalue weighted by Gasteiger charge is 2.13. The molecule has 1 aliphatic rings. The van der Waals surface area contributed by atoms with Gasteiger partial charge >= 0.3 is 0 Å². The fourth-order valence-corrected chi connectivity index (χ4v) is 3.93. The molecule has 0 atom stereocenters. The van der Waals surface area contributed by atoms with Crippen molar-refractivity contribution in [1.29, 1.82) is 0 Å². The van der Waals surface area contributed by atoms with Crippen LogP contribution in [0, 0.1) is 0 Å². The standard InChI is InChI=1S/C21H21N3OS/c25-20(17-9-11-18(12-10-17)24-13-5-2-6-14-24)23-21-22-19(15-26-21)16-7-3-1-4-8-16/h1,3-4,7-12,15H,2,5-6,13-14H2,(H,22,23,25). The van der Waals surface area contributed by atoms with Crippen LogP contribution in [0.3, 0.4) is 0 Å². The van der Waals surface area contributed by atoms with Gasteiger partial charge in [0.2, 0.25) is 0 Å². The number of thiazole rings is 1. The van der Waals surface area contributed by atoms with Crippen LogP contribution < -0.4 is 10.2 Å². The van der Waals surface area contributed by atoms with Crippen LogP contribution in [0.25, 0.3) is 11.3 Å². The third-order valence-corrected chi connectivity index (χ3v) is 5.40. The Morgan fingerprint density at radius 2 is 1.69 bits per heavy atom. The molecule has 0 aliphatic carbocycles. The molecule has 5 heteroatoms. The average Bonchev–Trinajstić information content (AvgIpc) is 3.18. The first kappa shape index (κ1) is 16.8. The molecular formula is C21H21N3OS. The normalized spacial score (nSPS) is 14.2. The lowest BCUT2D eigenvalue weighted by atomic mass is 10.1. The van der Waals surface area contributed by atoms with Gasteiger partial charge in [-0.2, -0.15) is 0 Å². The van der Waals surface area contributed by atoms with E-state index in [1.54, 1.807) is 0 Å². The zero-order valence-electron chi connectivity index (χ0n) is 14.5. The lowest BCUT2D eigenvalue weighted by Crippen LogP contribution is -2.29. The highest BCUT2D eigenvalue weighted by molar-refractivity contribution is 7.14. The van der Waals surface area contributed by atoms with Crippen LogP contribution in [0.4, 0.5) is 10.8 Å². The minimum absolute atomic E-state index is 0.121. The van der Waals surface area contributed by atoms with Crippen molar-refractivity contribution in [1.82, 2.24) is 4.98 Å². The maximum Gasteiger partial charge on any atom is 0.257 e. The Balaban J connectivity index is 1.42. The largest absolute Gasteiger partial charge is 0.372 e. The van der Waals surface area contributed by atoms with E-state index < -0.39 is 0 Å². The Labute approximate surface area is 157 Å². The van der Waals surface area contributed by atoms with E-state index in [2.05, 4.69) is 15.2 Å². The molecule has 1 fully saturated rings. The number of piperidine rings is 1. The summed E-state index contributed by atoms with van der Waals surface area (Å²) in [5.74, 6) is -0.121. The van der Waals surface area contributed by atoms with Gasteiger partial charge in [0.1, 0.15) is 0 Å². The van der Waals surface area contributed by atoms with Gasteiger partial charge in [0.05, 0.1) is 5.69 Å². The number of rotatable bonds is 4. The smallest absolute Gasteiger partial charge is 0.257 e. The summed E-state index contributed by atoms with van der Waals surface area (Å²) in [7, 11) is 0. The summed E-state index contributed by atoms with van der Waals surface area (Å²) >= 11 is 1.44. The lowest BCUT2D eigenvalue weighted by Gasteiger charge is -2.28. The number of anilines is 2. The van der Waals surface area contributed by atoms with Crippen molar-refractivity contribution in [2.45, 2.75) is 19.3 Å². The molecule has 1 saturated heterocycles. The fourth-order valence-electron chi connectivity index (χ4n) is 3.22. The Morgan fingerprint density at radius 3 is 2.42 bits per heavy atom. The second kappa shape index (κ2) is 7.70. The zero-order valence-corrected chi connectivity index (χ0v) is 15.3. The molecule has 4 nitrogen and oxygen atoms in total. The van der Waals surface area contributed by atoms with Crippen molar-refractivity contribution in [3.05, 3.63) is 65.5 Å². The first-order chi connectivity index (χ1) is 12.8. The van der Waals surface area contributed by atoms with E-state index in [-0.39, 0.29) is 5.91 Å². The Hall–Kier alpha value is -2.66. The summed E-state index contributed by atoms with van der Waals surface area (Å²) in [6.07, 6.45) is 3.81. The number of hydrogen-bond donors (Lipinski definition) is 1. The SMILES string of the molecule is O=C(Nc1nc(-c2ccccc2)cs1)c1ccc(N2CCCCC2)cc1. The van der Waals surface area contributed by atoms with Gasteiger partial charge in [-0.15, -0.1) is 11.3 Å². The quantitative estimate of drug-likeness (QED) is 0.705. The molecule has 0 spiro atoms. The van der Waals surface area contributed by atoms with E-state index >= 15 is 0 Å². The summed E-state index contributed by atoms with van der Waals surface area (Å²) < 4.78 is 0. The second-order valence-electron chi connectivity index (χ2n) is 6.45. The molecule has 0 saturated carbocycles. The van der Waals surface area contributed by atoms with Gasteiger partial charge in [-0.3, -0.25) is 10.1 Å². The van der Waals surface area contributed by atoms with E-state index in [0.717, 1.165) is 24.3 Å². The number of benzene rings is 2. The molecule has 132 valence electrons. The van der Waals surface area contributed by atoms with E-state index in [0.29, 0.717) is 10.7 Å². The highest BCUT2D eigenvalue weighted by atomic mass is 32.1. The van der Waals surface area contributed by atoms with Crippen LogP contribution in [-0.4, -0.2) is 24.0 Å².